The molecule has 0 radical (unpaired) electrons. The Morgan fingerprint density at radius 3 is 2.26 bits per heavy atom. The molecular formula is C18H21ClN2O5S. The maximum absolute atomic E-state index is 12.3. The molecule has 0 saturated carbocycles. The van der Waals surface area contributed by atoms with Crippen LogP contribution in [0.1, 0.15) is 5.56 Å². The number of anilines is 1. The molecule has 1 N–H and O–H groups in total. The van der Waals surface area contributed by atoms with Gasteiger partial charge in [-0.1, -0.05) is 17.7 Å². The van der Waals surface area contributed by atoms with Crippen LogP contribution in [0.15, 0.2) is 42.5 Å². The number of nitrogens with one attached hydrogen (secondary N) is 1. The summed E-state index contributed by atoms with van der Waals surface area (Å²) in [6, 6.07) is 11.5. The van der Waals surface area contributed by atoms with Crippen LogP contribution in [0.2, 0.25) is 5.02 Å². The van der Waals surface area contributed by atoms with E-state index < -0.39 is 15.9 Å². The number of halogens is 1. The third-order valence-corrected chi connectivity index (χ3v) is 5.13. The van der Waals surface area contributed by atoms with E-state index in [1.165, 1.54) is 14.2 Å². The van der Waals surface area contributed by atoms with E-state index in [1.54, 1.807) is 42.5 Å². The van der Waals surface area contributed by atoms with E-state index in [9.17, 15) is 13.2 Å². The van der Waals surface area contributed by atoms with Crippen LogP contribution in [0, 0.1) is 0 Å². The van der Waals surface area contributed by atoms with Gasteiger partial charge in [-0.2, -0.15) is 0 Å². The number of sulfonamides is 1. The Hall–Kier alpha value is -2.45. The smallest absolute Gasteiger partial charge is 0.241 e. The van der Waals surface area contributed by atoms with E-state index in [2.05, 4.69) is 5.32 Å². The van der Waals surface area contributed by atoms with Gasteiger partial charge in [0.25, 0.3) is 0 Å². The zero-order valence-corrected chi connectivity index (χ0v) is 16.8. The van der Waals surface area contributed by atoms with Gasteiger partial charge in [0.1, 0.15) is 6.54 Å². The molecule has 2 aromatic rings. The van der Waals surface area contributed by atoms with Crippen molar-refractivity contribution in [2.75, 3.05) is 31.3 Å². The molecule has 0 saturated heterocycles. The minimum Gasteiger partial charge on any atom is -0.493 e. The second kappa shape index (κ2) is 8.96. The Morgan fingerprint density at radius 2 is 1.70 bits per heavy atom. The normalized spacial score (nSPS) is 11.0. The Bertz CT molecular complexity index is 900. The molecule has 0 aliphatic heterocycles. The molecular weight excluding hydrogens is 392 g/mol. The summed E-state index contributed by atoms with van der Waals surface area (Å²) in [7, 11) is -0.574. The van der Waals surface area contributed by atoms with Gasteiger partial charge in [-0.25, -0.2) is 8.42 Å². The molecule has 7 nitrogen and oxygen atoms in total. The zero-order valence-electron chi connectivity index (χ0n) is 15.2. The number of carbonyl (C=O) groups excluding carboxylic acids is 1. The Kier molecular flexibility index (Phi) is 6.92. The lowest BCUT2D eigenvalue weighted by molar-refractivity contribution is -0.119. The van der Waals surface area contributed by atoms with E-state index >= 15 is 0 Å². The highest BCUT2D eigenvalue weighted by atomic mass is 35.5. The summed E-state index contributed by atoms with van der Waals surface area (Å²) in [6.07, 6.45) is 1.04. The Morgan fingerprint density at radius 1 is 1.07 bits per heavy atom. The predicted octanol–water partition coefficient (Wildman–Crippen LogP) is 2.44. The van der Waals surface area contributed by atoms with Crippen molar-refractivity contribution in [1.82, 2.24) is 5.32 Å². The molecule has 27 heavy (non-hydrogen) atoms. The molecule has 146 valence electrons. The number of benzene rings is 2. The van der Waals surface area contributed by atoms with Gasteiger partial charge in [0, 0.05) is 11.6 Å². The highest BCUT2D eigenvalue weighted by Crippen LogP contribution is 2.27. The summed E-state index contributed by atoms with van der Waals surface area (Å²) in [5, 5.41) is 3.18. The fraction of sp³-hybridized carbons (Fsp3) is 0.278. The van der Waals surface area contributed by atoms with Crippen molar-refractivity contribution < 1.29 is 22.7 Å². The first kappa shape index (κ1) is 20.9. The van der Waals surface area contributed by atoms with Crippen molar-refractivity contribution in [3.05, 3.63) is 53.1 Å². The van der Waals surface area contributed by atoms with Crippen LogP contribution < -0.4 is 19.1 Å². The summed E-state index contributed by atoms with van der Waals surface area (Å²) in [5.74, 6) is 0.687. The highest BCUT2D eigenvalue weighted by molar-refractivity contribution is 7.92. The fourth-order valence-corrected chi connectivity index (χ4v) is 3.37. The van der Waals surface area contributed by atoms with Gasteiger partial charge in [0.05, 0.1) is 26.2 Å². The number of methoxy groups -OCH3 is 2. The summed E-state index contributed by atoms with van der Waals surface area (Å²) >= 11 is 5.83. The van der Waals surface area contributed by atoms with Crippen molar-refractivity contribution in [2.24, 2.45) is 0 Å². The van der Waals surface area contributed by atoms with Crippen molar-refractivity contribution in [3.8, 4) is 11.5 Å². The standard InChI is InChI=1S/C18H21ClN2O5S/c1-25-16-9-4-13(10-17(16)26-2)11-20-18(22)12-21(27(3,23)24)15-7-5-14(19)6-8-15/h4-10H,11-12H2,1-3H3,(H,20,22). The third kappa shape index (κ3) is 5.77. The molecule has 0 aromatic heterocycles. The number of amides is 1. The van der Waals surface area contributed by atoms with Crippen molar-refractivity contribution in [1.29, 1.82) is 0 Å². The highest BCUT2D eigenvalue weighted by Gasteiger charge is 2.20. The summed E-state index contributed by atoms with van der Waals surface area (Å²) < 4.78 is 35.5. The van der Waals surface area contributed by atoms with E-state index in [0.29, 0.717) is 22.2 Å². The maximum Gasteiger partial charge on any atom is 0.241 e. The van der Waals surface area contributed by atoms with Gasteiger partial charge in [0.2, 0.25) is 15.9 Å². The second-order valence-corrected chi connectivity index (χ2v) is 8.06. The molecule has 9 heteroatoms. The van der Waals surface area contributed by atoms with Crippen LogP contribution in [0.5, 0.6) is 11.5 Å². The number of hydrogen-bond donors (Lipinski definition) is 1. The lowest BCUT2D eigenvalue weighted by Gasteiger charge is -2.22. The average molecular weight is 413 g/mol. The quantitative estimate of drug-likeness (QED) is 0.719. The Balaban J connectivity index is 2.07. The molecule has 0 aliphatic rings. The number of carbonyl (C=O) groups is 1. The largest absolute Gasteiger partial charge is 0.493 e. The molecule has 1 amide bonds. The minimum absolute atomic E-state index is 0.220. The summed E-state index contributed by atoms with van der Waals surface area (Å²) in [4.78, 5) is 12.3. The predicted molar refractivity (Wildman–Crippen MR) is 105 cm³/mol. The zero-order chi connectivity index (χ0) is 20.0. The van der Waals surface area contributed by atoms with Crippen molar-refractivity contribution in [2.45, 2.75) is 6.54 Å². The van der Waals surface area contributed by atoms with Gasteiger partial charge < -0.3 is 14.8 Å². The first-order valence-corrected chi connectivity index (χ1v) is 10.2. The van der Waals surface area contributed by atoms with Crippen LogP contribution in [0.25, 0.3) is 0 Å². The monoisotopic (exact) mass is 412 g/mol. The van der Waals surface area contributed by atoms with Crippen molar-refractivity contribution >= 4 is 33.2 Å². The lowest BCUT2D eigenvalue weighted by Crippen LogP contribution is -2.40. The van der Waals surface area contributed by atoms with Gasteiger partial charge >= 0.3 is 0 Å². The third-order valence-electron chi connectivity index (χ3n) is 3.74. The van der Waals surface area contributed by atoms with E-state index in [0.717, 1.165) is 16.1 Å². The molecule has 0 unspecified atom stereocenters. The topological polar surface area (TPSA) is 84.9 Å². The van der Waals surface area contributed by atoms with Gasteiger partial charge in [0.15, 0.2) is 11.5 Å². The first-order chi connectivity index (χ1) is 12.7. The fourth-order valence-electron chi connectivity index (χ4n) is 2.38. The minimum atomic E-state index is -3.64. The maximum atomic E-state index is 12.3. The summed E-state index contributed by atoms with van der Waals surface area (Å²) in [5.41, 5.74) is 1.15. The molecule has 0 heterocycles. The SMILES string of the molecule is COc1ccc(CNC(=O)CN(c2ccc(Cl)cc2)S(C)(=O)=O)cc1OC. The average Bonchev–Trinajstić information content (AvgIpc) is 2.64. The van der Waals surface area contributed by atoms with E-state index in [-0.39, 0.29) is 13.1 Å². The lowest BCUT2D eigenvalue weighted by atomic mass is 10.2. The molecule has 2 aromatic carbocycles. The Labute approximate surface area is 163 Å². The number of rotatable bonds is 8. The number of ether oxygens (including phenoxy) is 2. The molecule has 0 spiro atoms. The second-order valence-electron chi connectivity index (χ2n) is 5.71. The van der Waals surface area contributed by atoms with E-state index in [4.69, 9.17) is 21.1 Å². The van der Waals surface area contributed by atoms with Gasteiger partial charge in [-0.3, -0.25) is 9.10 Å². The van der Waals surface area contributed by atoms with Gasteiger partial charge in [-0.15, -0.1) is 0 Å². The van der Waals surface area contributed by atoms with Crippen LogP contribution >= 0.6 is 11.6 Å². The number of hydrogen-bond acceptors (Lipinski definition) is 5. The molecule has 2 rings (SSSR count). The first-order valence-electron chi connectivity index (χ1n) is 7.95. The summed E-state index contributed by atoms with van der Waals surface area (Å²) in [6.45, 7) is -0.120. The molecule has 0 aliphatic carbocycles. The van der Waals surface area contributed by atoms with Crippen LogP contribution in [0.4, 0.5) is 5.69 Å². The molecule has 0 fully saturated rings. The van der Waals surface area contributed by atoms with E-state index in [1.807, 2.05) is 0 Å². The molecule has 0 bridgehead atoms. The molecule has 0 atom stereocenters. The van der Waals surface area contributed by atoms with Gasteiger partial charge in [-0.05, 0) is 42.0 Å². The van der Waals surface area contributed by atoms with Crippen LogP contribution in [-0.4, -0.2) is 41.3 Å². The number of nitrogens with zero attached hydrogens (tertiary/aromatic N) is 1. The van der Waals surface area contributed by atoms with Crippen LogP contribution in [0.3, 0.4) is 0 Å². The van der Waals surface area contributed by atoms with Crippen molar-refractivity contribution in [3.63, 3.8) is 0 Å². The van der Waals surface area contributed by atoms with Crippen LogP contribution in [-0.2, 0) is 21.4 Å².